The summed E-state index contributed by atoms with van der Waals surface area (Å²) in [4.78, 5) is 12.0. The van der Waals surface area contributed by atoms with E-state index in [2.05, 4.69) is 5.32 Å². The SMILES string of the molecule is COc1ccccc1NC(=O)C(C#N)=Cc1ccco1. The first-order valence-electron chi connectivity index (χ1n) is 5.84. The van der Waals surface area contributed by atoms with Crippen molar-refractivity contribution in [3.63, 3.8) is 0 Å². The van der Waals surface area contributed by atoms with E-state index in [-0.39, 0.29) is 5.57 Å². The summed E-state index contributed by atoms with van der Waals surface area (Å²) in [7, 11) is 1.51. The molecule has 0 saturated carbocycles. The molecule has 0 aliphatic heterocycles. The number of ether oxygens (including phenoxy) is 1. The van der Waals surface area contributed by atoms with Crippen molar-refractivity contribution in [1.29, 1.82) is 5.26 Å². The second-order valence-corrected chi connectivity index (χ2v) is 3.84. The van der Waals surface area contributed by atoms with Gasteiger partial charge in [0.05, 0.1) is 19.1 Å². The zero-order chi connectivity index (χ0) is 14.4. The van der Waals surface area contributed by atoms with Gasteiger partial charge in [0.1, 0.15) is 23.2 Å². The lowest BCUT2D eigenvalue weighted by Crippen LogP contribution is -2.14. The van der Waals surface area contributed by atoms with Gasteiger partial charge in [-0.15, -0.1) is 0 Å². The Morgan fingerprint density at radius 1 is 1.35 bits per heavy atom. The van der Waals surface area contributed by atoms with Crippen LogP contribution in [0.4, 0.5) is 5.69 Å². The quantitative estimate of drug-likeness (QED) is 0.683. The van der Waals surface area contributed by atoms with Crippen molar-refractivity contribution in [2.24, 2.45) is 0 Å². The van der Waals surface area contributed by atoms with E-state index in [1.54, 1.807) is 36.4 Å². The van der Waals surface area contributed by atoms with Crippen LogP contribution in [0, 0.1) is 11.3 Å². The Hall–Kier alpha value is -3.00. The number of methoxy groups -OCH3 is 1. The maximum Gasteiger partial charge on any atom is 0.266 e. The van der Waals surface area contributed by atoms with E-state index in [1.807, 2.05) is 6.07 Å². The minimum atomic E-state index is -0.520. The molecule has 0 spiro atoms. The molecule has 5 nitrogen and oxygen atoms in total. The van der Waals surface area contributed by atoms with Crippen LogP contribution in [-0.4, -0.2) is 13.0 Å². The van der Waals surface area contributed by atoms with Crippen molar-refractivity contribution in [3.8, 4) is 11.8 Å². The fourth-order valence-electron chi connectivity index (χ4n) is 1.60. The average Bonchev–Trinajstić information content (AvgIpc) is 2.98. The molecule has 0 aliphatic rings. The molecule has 1 heterocycles. The number of carbonyl (C=O) groups excluding carboxylic acids is 1. The lowest BCUT2D eigenvalue weighted by molar-refractivity contribution is -0.112. The molecule has 0 aliphatic carbocycles. The number of hydrogen-bond donors (Lipinski definition) is 1. The number of nitriles is 1. The molecule has 0 fully saturated rings. The number of nitrogens with zero attached hydrogens (tertiary/aromatic N) is 1. The maximum absolute atomic E-state index is 12.0. The summed E-state index contributed by atoms with van der Waals surface area (Å²) in [6.07, 6.45) is 2.85. The topological polar surface area (TPSA) is 75.3 Å². The molecule has 0 saturated heterocycles. The predicted octanol–water partition coefficient (Wildman–Crippen LogP) is 2.83. The van der Waals surface area contributed by atoms with Crippen LogP contribution in [0.3, 0.4) is 0 Å². The summed E-state index contributed by atoms with van der Waals surface area (Å²) in [5, 5.41) is 11.7. The first-order chi connectivity index (χ1) is 9.74. The zero-order valence-electron chi connectivity index (χ0n) is 10.8. The van der Waals surface area contributed by atoms with Crippen molar-refractivity contribution in [2.75, 3.05) is 12.4 Å². The Bertz CT molecular complexity index is 667. The molecule has 2 aromatic rings. The fourth-order valence-corrected chi connectivity index (χ4v) is 1.60. The Kier molecular flexibility index (Phi) is 4.20. The number of para-hydroxylation sites is 2. The fraction of sp³-hybridized carbons (Fsp3) is 0.0667. The summed E-state index contributed by atoms with van der Waals surface area (Å²) in [5.41, 5.74) is 0.450. The Morgan fingerprint density at radius 3 is 2.80 bits per heavy atom. The van der Waals surface area contributed by atoms with Crippen molar-refractivity contribution < 1.29 is 13.9 Å². The highest BCUT2D eigenvalue weighted by Crippen LogP contribution is 2.23. The van der Waals surface area contributed by atoms with Gasteiger partial charge in [0.15, 0.2) is 0 Å². The largest absolute Gasteiger partial charge is 0.495 e. The molecule has 1 amide bonds. The normalized spacial score (nSPS) is 10.7. The average molecular weight is 268 g/mol. The third kappa shape index (κ3) is 3.06. The Morgan fingerprint density at radius 2 is 2.15 bits per heavy atom. The van der Waals surface area contributed by atoms with Gasteiger partial charge >= 0.3 is 0 Å². The lowest BCUT2D eigenvalue weighted by Gasteiger charge is -2.08. The number of amides is 1. The molecule has 100 valence electrons. The van der Waals surface area contributed by atoms with Gasteiger partial charge in [0, 0.05) is 6.08 Å². The van der Waals surface area contributed by atoms with Crippen LogP contribution in [0.15, 0.2) is 52.7 Å². The number of benzene rings is 1. The number of hydrogen-bond acceptors (Lipinski definition) is 4. The van der Waals surface area contributed by atoms with E-state index >= 15 is 0 Å². The summed E-state index contributed by atoms with van der Waals surface area (Å²) < 4.78 is 10.2. The minimum absolute atomic E-state index is 0.0501. The predicted molar refractivity (Wildman–Crippen MR) is 73.9 cm³/mol. The first-order valence-corrected chi connectivity index (χ1v) is 5.84. The van der Waals surface area contributed by atoms with Crippen LogP contribution in [-0.2, 0) is 4.79 Å². The molecular formula is C15H12N2O3. The summed E-state index contributed by atoms with van der Waals surface area (Å²) in [6.45, 7) is 0. The number of furan rings is 1. The van der Waals surface area contributed by atoms with Crippen LogP contribution in [0.25, 0.3) is 6.08 Å². The van der Waals surface area contributed by atoms with E-state index in [0.717, 1.165) is 0 Å². The van der Waals surface area contributed by atoms with E-state index < -0.39 is 5.91 Å². The molecule has 0 bridgehead atoms. The summed E-state index contributed by atoms with van der Waals surface area (Å²) in [6, 6.07) is 12.2. The van der Waals surface area contributed by atoms with Crippen LogP contribution < -0.4 is 10.1 Å². The number of rotatable bonds is 4. The van der Waals surface area contributed by atoms with Crippen molar-refractivity contribution >= 4 is 17.7 Å². The molecule has 1 aromatic carbocycles. The molecule has 2 rings (SSSR count). The second-order valence-electron chi connectivity index (χ2n) is 3.84. The molecule has 0 atom stereocenters. The number of nitrogens with one attached hydrogen (secondary N) is 1. The molecule has 0 unspecified atom stereocenters. The van der Waals surface area contributed by atoms with Crippen molar-refractivity contribution in [1.82, 2.24) is 0 Å². The van der Waals surface area contributed by atoms with Gasteiger partial charge in [-0.05, 0) is 24.3 Å². The number of anilines is 1. The molecular weight excluding hydrogens is 256 g/mol. The smallest absolute Gasteiger partial charge is 0.266 e. The minimum Gasteiger partial charge on any atom is -0.495 e. The highest BCUT2D eigenvalue weighted by atomic mass is 16.5. The van der Waals surface area contributed by atoms with Gasteiger partial charge in [-0.25, -0.2) is 0 Å². The molecule has 1 N–H and O–H groups in total. The highest BCUT2D eigenvalue weighted by molar-refractivity contribution is 6.10. The van der Waals surface area contributed by atoms with E-state index in [1.165, 1.54) is 19.4 Å². The Balaban J connectivity index is 2.21. The van der Waals surface area contributed by atoms with E-state index in [0.29, 0.717) is 17.2 Å². The monoisotopic (exact) mass is 268 g/mol. The molecule has 0 radical (unpaired) electrons. The van der Waals surface area contributed by atoms with Gasteiger partial charge < -0.3 is 14.5 Å². The van der Waals surface area contributed by atoms with Crippen molar-refractivity contribution in [3.05, 3.63) is 54.0 Å². The zero-order valence-corrected chi connectivity index (χ0v) is 10.8. The molecule has 1 aromatic heterocycles. The van der Waals surface area contributed by atoms with Crippen LogP contribution in [0.5, 0.6) is 5.75 Å². The van der Waals surface area contributed by atoms with Gasteiger partial charge in [-0.1, -0.05) is 12.1 Å². The molecule has 20 heavy (non-hydrogen) atoms. The van der Waals surface area contributed by atoms with Gasteiger partial charge in [-0.2, -0.15) is 5.26 Å². The highest BCUT2D eigenvalue weighted by Gasteiger charge is 2.12. The standard InChI is InChI=1S/C15H12N2O3/c1-19-14-7-3-2-6-13(14)17-15(18)11(10-16)9-12-5-4-8-20-12/h2-9H,1H3,(H,17,18). The lowest BCUT2D eigenvalue weighted by atomic mass is 10.2. The third-order valence-electron chi connectivity index (χ3n) is 2.55. The van der Waals surface area contributed by atoms with Crippen LogP contribution >= 0.6 is 0 Å². The third-order valence-corrected chi connectivity index (χ3v) is 2.55. The van der Waals surface area contributed by atoms with Gasteiger partial charge in [0.2, 0.25) is 0 Å². The molecule has 5 heteroatoms. The number of carbonyl (C=O) groups is 1. The van der Waals surface area contributed by atoms with Gasteiger partial charge in [-0.3, -0.25) is 4.79 Å². The van der Waals surface area contributed by atoms with Gasteiger partial charge in [0.25, 0.3) is 5.91 Å². The van der Waals surface area contributed by atoms with Crippen LogP contribution in [0.1, 0.15) is 5.76 Å². The summed E-state index contributed by atoms with van der Waals surface area (Å²) >= 11 is 0. The Labute approximate surface area is 116 Å². The second kappa shape index (κ2) is 6.25. The van der Waals surface area contributed by atoms with E-state index in [9.17, 15) is 4.79 Å². The van der Waals surface area contributed by atoms with E-state index in [4.69, 9.17) is 14.4 Å². The van der Waals surface area contributed by atoms with Crippen LogP contribution in [0.2, 0.25) is 0 Å². The summed E-state index contributed by atoms with van der Waals surface area (Å²) in [5.74, 6) is 0.446. The maximum atomic E-state index is 12.0. The van der Waals surface area contributed by atoms with Crippen molar-refractivity contribution in [2.45, 2.75) is 0 Å². The first kappa shape index (κ1) is 13.4.